The van der Waals surface area contributed by atoms with Crippen LogP contribution < -0.4 is 5.32 Å². The molecule has 0 saturated carbocycles. The van der Waals surface area contributed by atoms with Crippen molar-refractivity contribution in [1.29, 1.82) is 0 Å². The first-order valence-corrected chi connectivity index (χ1v) is 17.0. The van der Waals surface area contributed by atoms with Crippen LogP contribution in [0.25, 0.3) is 0 Å². The highest BCUT2D eigenvalue weighted by Gasteiger charge is 2.51. The van der Waals surface area contributed by atoms with Crippen molar-refractivity contribution in [3.8, 4) is 0 Å². The van der Waals surface area contributed by atoms with Crippen LogP contribution in [0.2, 0.25) is 0 Å². The van der Waals surface area contributed by atoms with E-state index in [1.54, 1.807) is 4.90 Å². The van der Waals surface area contributed by atoms with Crippen molar-refractivity contribution in [1.82, 2.24) is 10.2 Å². The number of unbranched alkanes of at least 4 members (excludes halogenated alkanes) is 13. The third-order valence-corrected chi connectivity index (χ3v) is 9.93. The molecule has 39 heavy (non-hydrogen) atoms. The molecule has 0 aliphatic carbocycles. The number of piperidine rings is 1. The fraction of sp³-hybridized carbons (Fsp3) is 0.943. The van der Waals surface area contributed by atoms with Crippen molar-refractivity contribution in [3.63, 3.8) is 0 Å². The van der Waals surface area contributed by atoms with Gasteiger partial charge in [-0.3, -0.25) is 14.5 Å². The first-order chi connectivity index (χ1) is 18.4. The van der Waals surface area contributed by atoms with Crippen LogP contribution in [-0.2, 0) is 9.59 Å². The van der Waals surface area contributed by atoms with E-state index in [9.17, 15) is 9.59 Å². The van der Waals surface area contributed by atoms with Crippen molar-refractivity contribution in [2.24, 2.45) is 23.7 Å². The van der Waals surface area contributed by atoms with Crippen LogP contribution in [0.5, 0.6) is 0 Å². The van der Waals surface area contributed by atoms with E-state index in [4.69, 9.17) is 0 Å². The largest absolute Gasteiger partial charge is 0.307 e. The van der Waals surface area contributed by atoms with E-state index >= 15 is 0 Å². The van der Waals surface area contributed by atoms with Gasteiger partial charge in [0.1, 0.15) is 0 Å². The average molecular weight is 547 g/mol. The molecule has 4 nitrogen and oxygen atoms in total. The summed E-state index contributed by atoms with van der Waals surface area (Å²) >= 11 is 0. The van der Waals surface area contributed by atoms with Gasteiger partial charge in [0.15, 0.2) is 0 Å². The number of hydrogen-bond acceptors (Lipinski definition) is 3. The summed E-state index contributed by atoms with van der Waals surface area (Å²) in [6.45, 7) is 17.7. The molecule has 0 aromatic carbocycles. The molecule has 2 heterocycles. The quantitative estimate of drug-likeness (QED) is 0.130. The fourth-order valence-corrected chi connectivity index (χ4v) is 7.59. The van der Waals surface area contributed by atoms with Crippen molar-refractivity contribution >= 4 is 11.8 Å². The zero-order valence-corrected chi connectivity index (χ0v) is 27.4. The maximum absolute atomic E-state index is 13.6. The van der Waals surface area contributed by atoms with Crippen LogP contribution in [0.15, 0.2) is 0 Å². The summed E-state index contributed by atoms with van der Waals surface area (Å²) in [5.41, 5.74) is -0.159. The zero-order chi connectivity index (χ0) is 29.1. The topological polar surface area (TPSA) is 49.4 Å². The van der Waals surface area contributed by atoms with Gasteiger partial charge in [0.2, 0.25) is 11.8 Å². The minimum Gasteiger partial charge on any atom is -0.307 e. The Labute approximate surface area is 243 Å². The van der Waals surface area contributed by atoms with Crippen molar-refractivity contribution < 1.29 is 9.59 Å². The Morgan fingerprint density at radius 1 is 0.718 bits per heavy atom. The standard InChI is InChI=1S/C35H66N2O2/c1-9-10-11-12-13-14-15-16-17-18-19-20-21-22-23-27(2)28(3)24-31-29(4)32(38)37(33(31)39)30-25-34(5,6)36-35(7,8)26-30/h27-31,36H,9-26H2,1-8H3. The molecule has 0 radical (unpaired) electrons. The van der Waals surface area contributed by atoms with E-state index in [-0.39, 0.29) is 40.8 Å². The number of rotatable bonds is 19. The minimum atomic E-state index is -0.186. The third-order valence-electron chi connectivity index (χ3n) is 9.93. The predicted molar refractivity (Wildman–Crippen MR) is 167 cm³/mol. The second-order valence-corrected chi connectivity index (χ2v) is 15.0. The Morgan fingerprint density at radius 2 is 1.15 bits per heavy atom. The maximum atomic E-state index is 13.6. The lowest BCUT2D eigenvalue weighted by Gasteiger charge is -2.48. The number of amides is 2. The predicted octanol–water partition coefficient (Wildman–Crippen LogP) is 9.45. The lowest BCUT2D eigenvalue weighted by molar-refractivity contribution is -0.144. The van der Waals surface area contributed by atoms with Gasteiger partial charge in [-0.2, -0.15) is 0 Å². The lowest BCUT2D eigenvalue weighted by Crippen LogP contribution is -2.63. The van der Waals surface area contributed by atoms with Crippen LogP contribution in [0.1, 0.15) is 171 Å². The van der Waals surface area contributed by atoms with Crippen LogP contribution in [0.3, 0.4) is 0 Å². The first kappa shape index (κ1) is 34.3. The molecule has 2 aliphatic heterocycles. The molecule has 0 aromatic heterocycles. The molecule has 0 bridgehead atoms. The average Bonchev–Trinajstić information content (AvgIpc) is 3.05. The Balaban J connectivity index is 1.63. The second kappa shape index (κ2) is 16.5. The molecule has 4 heteroatoms. The fourth-order valence-electron chi connectivity index (χ4n) is 7.59. The molecule has 4 unspecified atom stereocenters. The van der Waals surface area contributed by atoms with Gasteiger partial charge in [-0.1, -0.05) is 124 Å². The van der Waals surface area contributed by atoms with Gasteiger partial charge in [-0.05, 0) is 58.8 Å². The Hall–Kier alpha value is -0.900. The first-order valence-electron chi connectivity index (χ1n) is 17.0. The molecule has 2 rings (SSSR count). The molecule has 1 N–H and O–H groups in total. The SMILES string of the molecule is CCCCCCCCCCCCCCCCC(C)C(C)CC1C(=O)N(C2CC(C)(C)NC(C)(C)C2)C(=O)C1C. The highest BCUT2D eigenvalue weighted by molar-refractivity contribution is 6.05. The van der Waals surface area contributed by atoms with Crippen LogP contribution in [0, 0.1) is 23.7 Å². The summed E-state index contributed by atoms with van der Waals surface area (Å²) in [5, 5.41) is 3.69. The van der Waals surface area contributed by atoms with Gasteiger partial charge >= 0.3 is 0 Å². The molecule has 2 aliphatic rings. The van der Waals surface area contributed by atoms with E-state index in [2.05, 4.69) is 53.8 Å². The van der Waals surface area contributed by atoms with Crippen LogP contribution in [-0.4, -0.2) is 33.8 Å². The molecule has 2 fully saturated rings. The van der Waals surface area contributed by atoms with Crippen LogP contribution in [0.4, 0.5) is 0 Å². The van der Waals surface area contributed by atoms with E-state index in [0.29, 0.717) is 11.8 Å². The summed E-state index contributed by atoms with van der Waals surface area (Å²) in [6, 6.07) is 0.00646. The van der Waals surface area contributed by atoms with Crippen molar-refractivity contribution in [3.05, 3.63) is 0 Å². The highest BCUT2D eigenvalue weighted by Crippen LogP contribution is 2.40. The van der Waals surface area contributed by atoms with Crippen molar-refractivity contribution in [2.75, 3.05) is 0 Å². The number of carbonyl (C=O) groups is 2. The summed E-state index contributed by atoms with van der Waals surface area (Å²) in [7, 11) is 0. The summed E-state index contributed by atoms with van der Waals surface area (Å²) in [5.74, 6) is 0.902. The smallest absolute Gasteiger partial charge is 0.233 e. The van der Waals surface area contributed by atoms with Gasteiger partial charge in [-0.25, -0.2) is 0 Å². The van der Waals surface area contributed by atoms with E-state index in [1.807, 2.05) is 6.92 Å². The lowest BCUT2D eigenvalue weighted by atomic mass is 9.79. The third kappa shape index (κ3) is 11.5. The summed E-state index contributed by atoms with van der Waals surface area (Å²) in [4.78, 5) is 28.6. The molecular formula is C35H66N2O2. The van der Waals surface area contributed by atoms with E-state index in [0.717, 1.165) is 19.3 Å². The summed E-state index contributed by atoms with van der Waals surface area (Å²) in [6.07, 6.45) is 23.3. The molecule has 2 amide bonds. The van der Waals surface area contributed by atoms with Gasteiger partial charge in [0.05, 0.1) is 5.92 Å². The maximum Gasteiger partial charge on any atom is 0.233 e. The normalized spacial score (nSPS) is 24.9. The highest BCUT2D eigenvalue weighted by atomic mass is 16.2. The Morgan fingerprint density at radius 3 is 1.62 bits per heavy atom. The number of imide groups is 1. The molecule has 4 atom stereocenters. The van der Waals surface area contributed by atoms with E-state index in [1.165, 1.54) is 96.3 Å². The van der Waals surface area contributed by atoms with Gasteiger partial charge < -0.3 is 5.32 Å². The molecule has 0 aromatic rings. The molecule has 228 valence electrons. The molecule has 2 saturated heterocycles. The van der Waals surface area contributed by atoms with Gasteiger partial charge in [0, 0.05) is 23.0 Å². The van der Waals surface area contributed by atoms with Crippen LogP contribution >= 0.6 is 0 Å². The second-order valence-electron chi connectivity index (χ2n) is 15.0. The van der Waals surface area contributed by atoms with Gasteiger partial charge in [-0.15, -0.1) is 0 Å². The number of hydrogen-bond donors (Lipinski definition) is 1. The Kier molecular flexibility index (Phi) is 14.5. The minimum absolute atomic E-state index is 0.00646. The van der Waals surface area contributed by atoms with Crippen molar-refractivity contribution in [2.45, 2.75) is 188 Å². The zero-order valence-electron chi connectivity index (χ0n) is 27.4. The van der Waals surface area contributed by atoms with E-state index < -0.39 is 0 Å². The number of likely N-dealkylation sites (tertiary alicyclic amines) is 1. The summed E-state index contributed by atoms with van der Waals surface area (Å²) < 4.78 is 0. The number of carbonyl (C=O) groups excluding carboxylic acids is 2. The monoisotopic (exact) mass is 547 g/mol. The van der Waals surface area contributed by atoms with Gasteiger partial charge in [0.25, 0.3) is 0 Å². The molecular weight excluding hydrogens is 480 g/mol. The Bertz CT molecular complexity index is 714. The number of nitrogens with one attached hydrogen (secondary N) is 1. The number of nitrogens with zero attached hydrogens (tertiary/aromatic N) is 1. The molecule has 0 spiro atoms.